The minimum atomic E-state index is -0.106. The SMILES string of the molecule is CCn1nccc1CCN[C@@H]1CCC[C@@H]1N1CCC(O)C1. The molecule has 1 aliphatic heterocycles. The molecular formula is C16H28N4O. The molecule has 0 bridgehead atoms. The van der Waals surface area contributed by atoms with Gasteiger partial charge in [-0.05, 0) is 32.3 Å². The van der Waals surface area contributed by atoms with Crippen LogP contribution in [0, 0.1) is 0 Å². The van der Waals surface area contributed by atoms with E-state index in [0.717, 1.165) is 39.0 Å². The first-order valence-electron chi connectivity index (χ1n) is 8.44. The second-order valence-electron chi connectivity index (χ2n) is 6.38. The third-order valence-electron chi connectivity index (χ3n) is 5.04. The molecule has 1 unspecified atom stereocenters. The summed E-state index contributed by atoms with van der Waals surface area (Å²) in [6, 6.07) is 3.33. The first kappa shape index (κ1) is 15.0. The fourth-order valence-corrected chi connectivity index (χ4v) is 3.93. The quantitative estimate of drug-likeness (QED) is 0.822. The van der Waals surface area contributed by atoms with Gasteiger partial charge in [-0.15, -0.1) is 0 Å². The zero-order valence-corrected chi connectivity index (χ0v) is 13.0. The lowest BCUT2D eigenvalue weighted by atomic mass is 10.1. The van der Waals surface area contributed by atoms with Gasteiger partial charge in [-0.1, -0.05) is 6.42 Å². The minimum absolute atomic E-state index is 0.106. The van der Waals surface area contributed by atoms with Gasteiger partial charge in [-0.2, -0.15) is 5.10 Å². The summed E-state index contributed by atoms with van der Waals surface area (Å²) in [7, 11) is 0. The number of nitrogens with zero attached hydrogens (tertiary/aromatic N) is 3. The maximum atomic E-state index is 9.73. The highest BCUT2D eigenvalue weighted by atomic mass is 16.3. The van der Waals surface area contributed by atoms with Crippen LogP contribution in [-0.2, 0) is 13.0 Å². The summed E-state index contributed by atoms with van der Waals surface area (Å²) in [6.07, 6.45) is 7.62. The second-order valence-corrected chi connectivity index (χ2v) is 6.38. The Kier molecular flexibility index (Phi) is 4.93. The Hall–Kier alpha value is -0.910. The Morgan fingerprint density at radius 2 is 2.29 bits per heavy atom. The number of aliphatic hydroxyl groups is 1. The minimum Gasteiger partial charge on any atom is -0.392 e. The maximum absolute atomic E-state index is 9.73. The van der Waals surface area contributed by atoms with E-state index in [2.05, 4.69) is 33.0 Å². The van der Waals surface area contributed by atoms with Crippen molar-refractivity contribution < 1.29 is 5.11 Å². The summed E-state index contributed by atoms with van der Waals surface area (Å²) in [4.78, 5) is 2.49. The van der Waals surface area contributed by atoms with Crippen LogP contribution < -0.4 is 5.32 Å². The molecule has 1 aliphatic carbocycles. The van der Waals surface area contributed by atoms with E-state index < -0.39 is 0 Å². The Morgan fingerprint density at radius 1 is 1.38 bits per heavy atom. The lowest BCUT2D eigenvalue weighted by molar-refractivity contribution is 0.150. The van der Waals surface area contributed by atoms with Crippen LogP contribution in [0.3, 0.4) is 0 Å². The second kappa shape index (κ2) is 6.90. The number of nitrogens with one attached hydrogen (secondary N) is 1. The Morgan fingerprint density at radius 3 is 3.05 bits per heavy atom. The topological polar surface area (TPSA) is 53.3 Å². The number of rotatable bonds is 6. The van der Waals surface area contributed by atoms with Gasteiger partial charge in [0.1, 0.15) is 0 Å². The average Bonchev–Trinajstić information content (AvgIpc) is 3.19. The van der Waals surface area contributed by atoms with Crippen molar-refractivity contribution in [2.45, 2.75) is 63.8 Å². The molecule has 2 N–H and O–H groups in total. The summed E-state index contributed by atoms with van der Waals surface area (Å²) >= 11 is 0. The monoisotopic (exact) mass is 292 g/mol. The summed E-state index contributed by atoms with van der Waals surface area (Å²) in [5.74, 6) is 0. The van der Waals surface area contributed by atoms with E-state index in [1.165, 1.54) is 25.0 Å². The lowest BCUT2D eigenvalue weighted by Gasteiger charge is -2.30. The van der Waals surface area contributed by atoms with Gasteiger partial charge in [-0.25, -0.2) is 0 Å². The van der Waals surface area contributed by atoms with Gasteiger partial charge >= 0.3 is 0 Å². The predicted molar refractivity (Wildman–Crippen MR) is 83.2 cm³/mol. The van der Waals surface area contributed by atoms with E-state index >= 15 is 0 Å². The van der Waals surface area contributed by atoms with Crippen molar-refractivity contribution in [1.82, 2.24) is 20.0 Å². The van der Waals surface area contributed by atoms with Crippen LogP contribution in [0.15, 0.2) is 12.3 Å². The van der Waals surface area contributed by atoms with Gasteiger partial charge < -0.3 is 10.4 Å². The van der Waals surface area contributed by atoms with Gasteiger partial charge in [0.2, 0.25) is 0 Å². The zero-order valence-electron chi connectivity index (χ0n) is 13.0. The Balaban J connectivity index is 1.48. The molecule has 1 aromatic heterocycles. The molecule has 1 saturated carbocycles. The van der Waals surface area contributed by atoms with E-state index in [1.54, 1.807) is 0 Å². The number of aliphatic hydroxyl groups excluding tert-OH is 1. The molecule has 1 saturated heterocycles. The van der Waals surface area contributed by atoms with Crippen molar-refractivity contribution in [2.24, 2.45) is 0 Å². The van der Waals surface area contributed by atoms with E-state index in [-0.39, 0.29) is 6.10 Å². The zero-order chi connectivity index (χ0) is 14.7. The van der Waals surface area contributed by atoms with Gasteiger partial charge in [0, 0.05) is 56.6 Å². The number of aromatic nitrogens is 2. The Labute approximate surface area is 127 Å². The van der Waals surface area contributed by atoms with Crippen molar-refractivity contribution in [3.63, 3.8) is 0 Å². The van der Waals surface area contributed by atoms with E-state index in [1.807, 2.05) is 6.20 Å². The van der Waals surface area contributed by atoms with E-state index in [9.17, 15) is 5.11 Å². The summed E-state index contributed by atoms with van der Waals surface area (Å²) in [5, 5.41) is 17.8. The molecule has 0 aromatic carbocycles. The van der Waals surface area contributed by atoms with Gasteiger partial charge in [0.25, 0.3) is 0 Å². The van der Waals surface area contributed by atoms with Crippen LogP contribution in [0.1, 0.15) is 38.3 Å². The first-order valence-corrected chi connectivity index (χ1v) is 8.44. The fourth-order valence-electron chi connectivity index (χ4n) is 3.93. The molecule has 5 heteroatoms. The molecule has 5 nitrogen and oxygen atoms in total. The molecule has 0 spiro atoms. The van der Waals surface area contributed by atoms with Crippen molar-refractivity contribution in [3.05, 3.63) is 18.0 Å². The highest BCUT2D eigenvalue weighted by Gasteiger charge is 2.35. The highest BCUT2D eigenvalue weighted by Crippen LogP contribution is 2.27. The fraction of sp³-hybridized carbons (Fsp3) is 0.812. The van der Waals surface area contributed by atoms with E-state index in [4.69, 9.17) is 0 Å². The number of likely N-dealkylation sites (tertiary alicyclic amines) is 1. The van der Waals surface area contributed by atoms with Crippen LogP contribution in [-0.4, -0.2) is 57.6 Å². The molecule has 21 heavy (non-hydrogen) atoms. The van der Waals surface area contributed by atoms with Gasteiger partial charge in [0.15, 0.2) is 0 Å². The number of hydrogen-bond acceptors (Lipinski definition) is 4. The standard InChI is InChI=1S/C16H28N4O/c1-2-20-13(7-10-18-20)6-9-17-15-4-3-5-16(15)19-11-8-14(21)12-19/h7,10,14-17,21H,2-6,8-9,11-12H2,1H3/t14?,15-,16+/m1/s1. The normalized spacial score (nSPS) is 30.3. The van der Waals surface area contributed by atoms with Crippen molar-refractivity contribution in [1.29, 1.82) is 0 Å². The van der Waals surface area contributed by atoms with Gasteiger partial charge in [-0.3, -0.25) is 9.58 Å². The molecule has 2 aliphatic rings. The molecule has 2 fully saturated rings. The highest BCUT2D eigenvalue weighted by molar-refractivity contribution is 5.01. The van der Waals surface area contributed by atoms with Crippen LogP contribution in [0.4, 0.5) is 0 Å². The third kappa shape index (κ3) is 3.47. The van der Waals surface area contributed by atoms with Crippen LogP contribution in [0.5, 0.6) is 0 Å². The summed E-state index contributed by atoms with van der Waals surface area (Å²) in [6.45, 7) is 6.02. The number of hydrogen-bond donors (Lipinski definition) is 2. The summed E-state index contributed by atoms with van der Waals surface area (Å²) < 4.78 is 2.07. The molecular weight excluding hydrogens is 264 g/mol. The van der Waals surface area contributed by atoms with Crippen molar-refractivity contribution in [2.75, 3.05) is 19.6 Å². The average molecular weight is 292 g/mol. The van der Waals surface area contributed by atoms with Crippen LogP contribution in [0.2, 0.25) is 0 Å². The van der Waals surface area contributed by atoms with Crippen LogP contribution in [0.25, 0.3) is 0 Å². The molecule has 2 heterocycles. The van der Waals surface area contributed by atoms with Crippen LogP contribution >= 0.6 is 0 Å². The molecule has 1 aromatic rings. The largest absolute Gasteiger partial charge is 0.392 e. The third-order valence-corrected chi connectivity index (χ3v) is 5.04. The molecule has 0 radical (unpaired) electrons. The first-order chi connectivity index (χ1) is 10.3. The van der Waals surface area contributed by atoms with Crippen molar-refractivity contribution in [3.8, 4) is 0 Å². The molecule has 3 atom stereocenters. The molecule has 3 rings (SSSR count). The van der Waals surface area contributed by atoms with E-state index in [0.29, 0.717) is 12.1 Å². The lowest BCUT2D eigenvalue weighted by Crippen LogP contribution is -2.46. The number of β-amino-alcohol motifs (C(OH)–C–C–N with tert-alkyl or cyclic N) is 1. The van der Waals surface area contributed by atoms with Crippen molar-refractivity contribution >= 4 is 0 Å². The predicted octanol–water partition coefficient (Wildman–Crippen LogP) is 1.02. The smallest absolute Gasteiger partial charge is 0.0679 e. The van der Waals surface area contributed by atoms with Gasteiger partial charge in [0.05, 0.1) is 6.10 Å². The number of aryl methyl sites for hydroxylation is 1. The molecule has 118 valence electrons. The molecule has 0 amide bonds. The summed E-state index contributed by atoms with van der Waals surface area (Å²) in [5.41, 5.74) is 1.32. The maximum Gasteiger partial charge on any atom is 0.0679 e. The Bertz CT molecular complexity index is 447.